The molecular weight excluding hydrogens is 241 g/mol. The van der Waals surface area contributed by atoms with Crippen molar-refractivity contribution < 1.29 is 9.18 Å². The highest BCUT2D eigenvalue weighted by Crippen LogP contribution is 2.25. The van der Waals surface area contributed by atoms with E-state index in [1.54, 1.807) is 6.07 Å². The Kier molecular flexibility index (Phi) is 5.24. The molecule has 1 aromatic carbocycles. The summed E-state index contributed by atoms with van der Waals surface area (Å²) >= 11 is 0. The summed E-state index contributed by atoms with van der Waals surface area (Å²) in [7, 11) is 3.89. The van der Waals surface area contributed by atoms with Gasteiger partial charge >= 0.3 is 0 Å². The van der Waals surface area contributed by atoms with Crippen molar-refractivity contribution in [3.05, 3.63) is 35.1 Å². The van der Waals surface area contributed by atoms with E-state index >= 15 is 0 Å². The first kappa shape index (κ1) is 15.8. The second kappa shape index (κ2) is 6.29. The molecule has 0 aliphatic rings. The largest absolute Gasteiger partial charge is 0.297 e. The second-order valence-corrected chi connectivity index (χ2v) is 5.30. The van der Waals surface area contributed by atoms with Gasteiger partial charge in [-0.1, -0.05) is 19.9 Å². The lowest BCUT2D eigenvalue weighted by Gasteiger charge is -2.37. The van der Waals surface area contributed by atoms with Crippen LogP contribution in [0.3, 0.4) is 0 Å². The number of hydrogen-bond acceptors (Lipinski definition) is 2. The number of ketones is 1. The average molecular weight is 265 g/mol. The molecule has 0 aromatic heterocycles. The smallest absolute Gasteiger partial charge is 0.157 e. The number of likely N-dealkylation sites (N-methyl/N-ethyl adjacent to an activating group) is 1. The minimum Gasteiger partial charge on any atom is -0.297 e. The number of carbonyl (C=O) groups excluding carboxylic acids is 1. The van der Waals surface area contributed by atoms with Crippen LogP contribution in [0.25, 0.3) is 0 Å². The molecule has 0 amide bonds. The fourth-order valence-electron chi connectivity index (χ4n) is 2.72. The van der Waals surface area contributed by atoms with Gasteiger partial charge in [-0.3, -0.25) is 9.69 Å². The van der Waals surface area contributed by atoms with Gasteiger partial charge in [-0.15, -0.1) is 0 Å². The highest BCUT2D eigenvalue weighted by atomic mass is 19.1. The summed E-state index contributed by atoms with van der Waals surface area (Å²) in [5.74, 6) is -0.0456. The van der Waals surface area contributed by atoms with Gasteiger partial charge in [-0.25, -0.2) is 4.39 Å². The lowest BCUT2D eigenvalue weighted by molar-refractivity contribution is -0.129. The van der Waals surface area contributed by atoms with Gasteiger partial charge in [0, 0.05) is 6.42 Å². The number of aryl methyl sites for hydroxylation is 1. The fourth-order valence-corrected chi connectivity index (χ4v) is 2.72. The molecule has 0 unspecified atom stereocenters. The molecule has 0 fully saturated rings. The number of rotatable bonds is 6. The molecule has 0 heterocycles. The summed E-state index contributed by atoms with van der Waals surface area (Å²) in [6.45, 7) is 5.93. The zero-order chi connectivity index (χ0) is 14.6. The molecule has 0 N–H and O–H groups in total. The number of hydrogen-bond donors (Lipinski definition) is 0. The maximum Gasteiger partial charge on any atom is 0.157 e. The number of halogens is 1. The second-order valence-electron chi connectivity index (χ2n) is 5.30. The van der Waals surface area contributed by atoms with Crippen LogP contribution in [0.5, 0.6) is 0 Å². The first-order valence-corrected chi connectivity index (χ1v) is 6.83. The van der Waals surface area contributed by atoms with Crippen LogP contribution >= 0.6 is 0 Å². The molecule has 3 heteroatoms. The van der Waals surface area contributed by atoms with Gasteiger partial charge in [0.25, 0.3) is 0 Å². The number of nitrogens with zero attached hydrogens (tertiary/aromatic N) is 1. The molecule has 0 aliphatic carbocycles. The molecule has 0 atom stereocenters. The Hall–Kier alpha value is -1.22. The van der Waals surface area contributed by atoms with Gasteiger partial charge in [-0.05, 0) is 57.1 Å². The Morgan fingerprint density at radius 2 is 1.84 bits per heavy atom. The molecule has 0 saturated carbocycles. The normalized spacial score (nSPS) is 11.9. The van der Waals surface area contributed by atoms with Crippen LogP contribution in [0, 0.1) is 12.7 Å². The molecule has 0 aliphatic heterocycles. The van der Waals surface area contributed by atoms with Crippen molar-refractivity contribution >= 4 is 5.78 Å². The van der Waals surface area contributed by atoms with E-state index in [1.165, 1.54) is 12.1 Å². The zero-order valence-corrected chi connectivity index (χ0v) is 12.6. The Morgan fingerprint density at radius 3 is 2.26 bits per heavy atom. The monoisotopic (exact) mass is 265 g/mol. The van der Waals surface area contributed by atoms with E-state index in [-0.39, 0.29) is 11.6 Å². The Bertz CT molecular complexity index is 450. The summed E-state index contributed by atoms with van der Waals surface area (Å²) in [6.07, 6.45) is 1.94. The molecule has 0 bridgehead atoms. The van der Waals surface area contributed by atoms with Crippen molar-refractivity contribution in [3.63, 3.8) is 0 Å². The maximum atomic E-state index is 13.1. The van der Waals surface area contributed by atoms with E-state index in [4.69, 9.17) is 0 Å². The first-order valence-electron chi connectivity index (χ1n) is 6.83. The van der Waals surface area contributed by atoms with Gasteiger partial charge in [0.05, 0.1) is 5.54 Å². The number of carbonyl (C=O) groups is 1. The predicted molar refractivity (Wildman–Crippen MR) is 76.8 cm³/mol. The summed E-state index contributed by atoms with van der Waals surface area (Å²) in [4.78, 5) is 14.6. The van der Waals surface area contributed by atoms with Crippen molar-refractivity contribution in [2.75, 3.05) is 14.1 Å². The molecule has 19 heavy (non-hydrogen) atoms. The van der Waals surface area contributed by atoms with Crippen molar-refractivity contribution in [2.24, 2.45) is 0 Å². The zero-order valence-electron chi connectivity index (χ0n) is 12.6. The molecule has 0 radical (unpaired) electrons. The lowest BCUT2D eigenvalue weighted by atomic mass is 9.83. The van der Waals surface area contributed by atoms with E-state index < -0.39 is 5.54 Å². The molecule has 0 saturated heterocycles. The Morgan fingerprint density at radius 1 is 1.26 bits per heavy atom. The SMILES string of the molecule is CCC(CC)(C(=O)Cc1ccc(F)cc1C)N(C)C. The summed E-state index contributed by atoms with van der Waals surface area (Å²) in [6, 6.07) is 4.62. The van der Waals surface area contributed by atoms with E-state index in [2.05, 4.69) is 0 Å². The molecule has 106 valence electrons. The van der Waals surface area contributed by atoms with Crippen LogP contribution in [0.4, 0.5) is 4.39 Å². The minimum absolute atomic E-state index is 0.206. The average Bonchev–Trinajstić information content (AvgIpc) is 2.34. The maximum absolute atomic E-state index is 13.1. The third-order valence-corrected chi connectivity index (χ3v) is 4.20. The van der Waals surface area contributed by atoms with Gasteiger partial charge in [0.2, 0.25) is 0 Å². The topological polar surface area (TPSA) is 20.3 Å². The first-order chi connectivity index (χ1) is 8.87. The molecule has 0 spiro atoms. The minimum atomic E-state index is -0.416. The van der Waals surface area contributed by atoms with E-state index in [0.717, 1.165) is 24.0 Å². The lowest BCUT2D eigenvalue weighted by Crippen LogP contribution is -2.51. The highest BCUT2D eigenvalue weighted by molar-refractivity contribution is 5.90. The fraction of sp³-hybridized carbons (Fsp3) is 0.562. The van der Waals surface area contributed by atoms with Crippen molar-refractivity contribution in [2.45, 2.75) is 45.6 Å². The highest BCUT2D eigenvalue weighted by Gasteiger charge is 2.36. The quantitative estimate of drug-likeness (QED) is 0.786. The van der Waals surface area contributed by atoms with Crippen LogP contribution < -0.4 is 0 Å². The number of benzene rings is 1. The molecule has 2 nitrogen and oxygen atoms in total. The predicted octanol–water partition coefficient (Wildman–Crippen LogP) is 3.37. The van der Waals surface area contributed by atoms with Crippen LogP contribution in [0.1, 0.15) is 37.8 Å². The molecule has 1 aromatic rings. The van der Waals surface area contributed by atoms with Gasteiger partial charge < -0.3 is 0 Å². The van der Waals surface area contributed by atoms with Crippen LogP contribution in [-0.4, -0.2) is 30.3 Å². The third kappa shape index (κ3) is 3.21. The Labute approximate surface area is 115 Å². The van der Waals surface area contributed by atoms with Crippen LogP contribution in [0.15, 0.2) is 18.2 Å². The number of Topliss-reactive ketones (excluding diaryl/α,β-unsaturated/α-hetero) is 1. The van der Waals surface area contributed by atoms with Gasteiger partial charge in [0.1, 0.15) is 5.82 Å². The molecule has 1 rings (SSSR count). The van der Waals surface area contributed by atoms with Crippen molar-refractivity contribution in [1.29, 1.82) is 0 Å². The molecular formula is C16H24FNO. The van der Waals surface area contributed by atoms with E-state index in [1.807, 2.05) is 39.8 Å². The van der Waals surface area contributed by atoms with Crippen molar-refractivity contribution in [1.82, 2.24) is 4.90 Å². The third-order valence-electron chi connectivity index (χ3n) is 4.20. The summed E-state index contributed by atoms with van der Waals surface area (Å²) in [5, 5.41) is 0. The van der Waals surface area contributed by atoms with Crippen LogP contribution in [0.2, 0.25) is 0 Å². The Balaban J connectivity index is 3.00. The van der Waals surface area contributed by atoms with Crippen molar-refractivity contribution in [3.8, 4) is 0 Å². The van der Waals surface area contributed by atoms with Gasteiger partial charge in [0.15, 0.2) is 5.78 Å². The van der Waals surface area contributed by atoms with E-state index in [0.29, 0.717) is 6.42 Å². The van der Waals surface area contributed by atoms with Crippen LogP contribution in [-0.2, 0) is 11.2 Å². The van der Waals surface area contributed by atoms with E-state index in [9.17, 15) is 9.18 Å². The summed E-state index contributed by atoms with van der Waals surface area (Å²) < 4.78 is 13.1. The standard InChI is InChI=1S/C16H24FNO/c1-6-16(7-2,18(4)5)15(19)11-13-8-9-14(17)10-12(13)3/h8-10H,6-7,11H2,1-5H3. The van der Waals surface area contributed by atoms with Gasteiger partial charge in [-0.2, -0.15) is 0 Å². The summed E-state index contributed by atoms with van der Waals surface area (Å²) in [5.41, 5.74) is 1.34.